The van der Waals surface area contributed by atoms with Crippen molar-refractivity contribution in [3.63, 3.8) is 0 Å². The Bertz CT molecular complexity index is 1120. The number of nitrogens with one attached hydrogen (secondary N) is 1. The number of hydrazone groups is 1. The van der Waals surface area contributed by atoms with Crippen LogP contribution >= 0.6 is 0 Å². The number of carbonyl (C=O) groups is 1. The zero-order valence-corrected chi connectivity index (χ0v) is 15.7. The highest BCUT2D eigenvalue weighted by Gasteiger charge is 2.06. The summed E-state index contributed by atoms with van der Waals surface area (Å²) in [4.78, 5) is 12.4. The molecule has 0 fully saturated rings. The molecule has 142 valence electrons. The molecular formula is C22H18N6O. The van der Waals surface area contributed by atoms with Gasteiger partial charge in [-0.1, -0.05) is 54.6 Å². The minimum atomic E-state index is -0.284. The molecule has 29 heavy (non-hydrogen) atoms. The average molecular weight is 382 g/mol. The average Bonchev–Trinajstić information content (AvgIpc) is 3.33. The second-order valence-corrected chi connectivity index (χ2v) is 6.38. The quantitative estimate of drug-likeness (QED) is 0.423. The van der Waals surface area contributed by atoms with Gasteiger partial charge in [-0.05, 0) is 58.3 Å². The zero-order valence-electron chi connectivity index (χ0n) is 15.7. The van der Waals surface area contributed by atoms with Crippen molar-refractivity contribution >= 4 is 11.6 Å². The lowest BCUT2D eigenvalue weighted by molar-refractivity contribution is 0.0955. The van der Waals surface area contributed by atoms with E-state index in [1.165, 1.54) is 11.0 Å². The Hall–Kier alpha value is -4.13. The highest BCUT2D eigenvalue weighted by molar-refractivity contribution is 6.01. The first-order chi connectivity index (χ1) is 14.2. The number of nitrogens with zero attached hydrogens (tertiary/aromatic N) is 5. The van der Waals surface area contributed by atoms with Crippen molar-refractivity contribution in [1.82, 2.24) is 25.6 Å². The number of amides is 1. The van der Waals surface area contributed by atoms with Gasteiger partial charge in [0.1, 0.15) is 6.33 Å². The number of aromatic nitrogens is 4. The van der Waals surface area contributed by atoms with Crippen molar-refractivity contribution in [1.29, 1.82) is 0 Å². The van der Waals surface area contributed by atoms with E-state index < -0.39 is 0 Å². The molecule has 1 aromatic heterocycles. The lowest BCUT2D eigenvalue weighted by Crippen LogP contribution is -2.19. The van der Waals surface area contributed by atoms with Gasteiger partial charge in [-0.2, -0.15) is 5.10 Å². The molecule has 0 unspecified atom stereocenters. The third-order valence-corrected chi connectivity index (χ3v) is 4.48. The van der Waals surface area contributed by atoms with Crippen LogP contribution < -0.4 is 5.43 Å². The second kappa shape index (κ2) is 8.26. The summed E-state index contributed by atoms with van der Waals surface area (Å²) in [5.74, 6) is -0.284. The molecule has 0 bridgehead atoms. The molecule has 7 nitrogen and oxygen atoms in total. The molecule has 0 saturated carbocycles. The van der Waals surface area contributed by atoms with Crippen LogP contribution in [0.25, 0.3) is 16.8 Å². The van der Waals surface area contributed by atoms with Gasteiger partial charge in [0, 0.05) is 5.56 Å². The zero-order chi connectivity index (χ0) is 20.1. The maximum absolute atomic E-state index is 12.4. The van der Waals surface area contributed by atoms with Crippen molar-refractivity contribution < 1.29 is 4.79 Å². The van der Waals surface area contributed by atoms with Gasteiger partial charge < -0.3 is 0 Å². The standard InChI is InChI=1S/C22H18N6O/c1-16(17-7-9-19(10-8-17)18-5-3-2-4-6-18)24-25-22(29)20-11-13-21(14-12-20)28-15-23-26-27-28/h2-15H,1H3,(H,25,29)/b24-16+. The fourth-order valence-electron chi connectivity index (χ4n) is 2.84. The first-order valence-electron chi connectivity index (χ1n) is 9.04. The highest BCUT2D eigenvalue weighted by Crippen LogP contribution is 2.19. The first-order valence-corrected chi connectivity index (χ1v) is 9.04. The number of rotatable bonds is 5. The van der Waals surface area contributed by atoms with Gasteiger partial charge in [-0.25, -0.2) is 10.1 Å². The Morgan fingerprint density at radius 3 is 2.17 bits per heavy atom. The third kappa shape index (κ3) is 4.24. The molecule has 1 heterocycles. The van der Waals surface area contributed by atoms with Gasteiger partial charge in [0.05, 0.1) is 11.4 Å². The third-order valence-electron chi connectivity index (χ3n) is 4.48. The van der Waals surface area contributed by atoms with Crippen LogP contribution in [-0.4, -0.2) is 31.8 Å². The monoisotopic (exact) mass is 382 g/mol. The molecule has 7 heteroatoms. The summed E-state index contributed by atoms with van der Waals surface area (Å²) in [5.41, 5.74) is 7.83. The van der Waals surface area contributed by atoms with E-state index in [2.05, 4.69) is 38.2 Å². The lowest BCUT2D eigenvalue weighted by atomic mass is 10.0. The summed E-state index contributed by atoms with van der Waals surface area (Å²) >= 11 is 0. The lowest BCUT2D eigenvalue weighted by Gasteiger charge is -2.06. The Kier molecular flexibility index (Phi) is 5.20. The van der Waals surface area contributed by atoms with Crippen LogP contribution in [0.2, 0.25) is 0 Å². The number of tetrazole rings is 1. The number of hydrogen-bond donors (Lipinski definition) is 1. The number of benzene rings is 3. The van der Waals surface area contributed by atoms with E-state index in [0.717, 1.165) is 28.1 Å². The van der Waals surface area contributed by atoms with Crippen LogP contribution in [0, 0.1) is 0 Å². The van der Waals surface area contributed by atoms with Crippen molar-refractivity contribution in [3.8, 4) is 16.8 Å². The second-order valence-electron chi connectivity index (χ2n) is 6.38. The predicted octanol–water partition coefficient (Wildman–Crippen LogP) is 3.48. The molecule has 4 rings (SSSR count). The molecule has 0 spiro atoms. The molecule has 0 aliphatic carbocycles. The van der Waals surface area contributed by atoms with Crippen LogP contribution in [0.3, 0.4) is 0 Å². The summed E-state index contributed by atoms with van der Waals surface area (Å²) in [7, 11) is 0. The fraction of sp³-hybridized carbons (Fsp3) is 0.0455. The molecule has 3 aromatic carbocycles. The molecule has 1 amide bonds. The van der Waals surface area contributed by atoms with Crippen LogP contribution in [0.15, 0.2) is 90.3 Å². The topological polar surface area (TPSA) is 85.1 Å². The largest absolute Gasteiger partial charge is 0.271 e. The summed E-state index contributed by atoms with van der Waals surface area (Å²) in [6.45, 7) is 1.86. The minimum absolute atomic E-state index is 0.284. The number of carbonyl (C=O) groups excluding carboxylic acids is 1. The molecular weight excluding hydrogens is 364 g/mol. The highest BCUT2D eigenvalue weighted by atomic mass is 16.2. The van der Waals surface area contributed by atoms with Gasteiger partial charge in [-0.3, -0.25) is 4.79 Å². The van der Waals surface area contributed by atoms with E-state index >= 15 is 0 Å². The first kappa shape index (κ1) is 18.2. The van der Waals surface area contributed by atoms with Crippen molar-refractivity contribution in [2.45, 2.75) is 6.92 Å². The molecule has 1 N–H and O–H groups in total. The van der Waals surface area contributed by atoms with Gasteiger partial charge >= 0.3 is 0 Å². The molecule has 0 atom stereocenters. The van der Waals surface area contributed by atoms with Crippen LogP contribution in [0.1, 0.15) is 22.8 Å². The molecule has 0 aliphatic heterocycles. The van der Waals surface area contributed by atoms with E-state index in [0.29, 0.717) is 5.56 Å². The Morgan fingerprint density at radius 2 is 1.52 bits per heavy atom. The van der Waals surface area contributed by atoms with E-state index in [1.807, 2.05) is 49.4 Å². The maximum atomic E-state index is 12.4. The Morgan fingerprint density at radius 1 is 0.862 bits per heavy atom. The van der Waals surface area contributed by atoms with Gasteiger partial charge in [-0.15, -0.1) is 5.10 Å². The van der Waals surface area contributed by atoms with E-state index in [-0.39, 0.29) is 5.91 Å². The van der Waals surface area contributed by atoms with Crippen molar-refractivity contribution in [2.24, 2.45) is 5.10 Å². The van der Waals surface area contributed by atoms with E-state index in [4.69, 9.17) is 0 Å². The van der Waals surface area contributed by atoms with Gasteiger partial charge in [0.15, 0.2) is 0 Å². The van der Waals surface area contributed by atoms with Gasteiger partial charge in [0.25, 0.3) is 5.91 Å². The minimum Gasteiger partial charge on any atom is -0.267 e. The smallest absolute Gasteiger partial charge is 0.267 e. The number of hydrogen-bond acceptors (Lipinski definition) is 5. The SMILES string of the molecule is C/C(=N\NC(=O)c1ccc(-n2cnnn2)cc1)c1ccc(-c2ccccc2)cc1. The summed E-state index contributed by atoms with van der Waals surface area (Å²) in [6.07, 6.45) is 1.49. The van der Waals surface area contributed by atoms with Crippen LogP contribution in [-0.2, 0) is 0 Å². The Balaban J connectivity index is 1.42. The van der Waals surface area contributed by atoms with Gasteiger partial charge in [0.2, 0.25) is 0 Å². The summed E-state index contributed by atoms with van der Waals surface area (Å²) in [5, 5.41) is 15.2. The van der Waals surface area contributed by atoms with Crippen LogP contribution in [0.5, 0.6) is 0 Å². The predicted molar refractivity (Wildman–Crippen MR) is 111 cm³/mol. The van der Waals surface area contributed by atoms with Crippen molar-refractivity contribution in [3.05, 3.63) is 96.3 Å². The summed E-state index contributed by atoms with van der Waals surface area (Å²) < 4.78 is 1.52. The van der Waals surface area contributed by atoms with E-state index in [1.54, 1.807) is 24.3 Å². The maximum Gasteiger partial charge on any atom is 0.271 e. The Labute approximate surface area is 167 Å². The van der Waals surface area contributed by atoms with Crippen molar-refractivity contribution in [2.75, 3.05) is 0 Å². The summed E-state index contributed by atoms with van der Waals surface area (Å²) in [6, 6.07) is 25.2. The van der Waals surface area contributed by atoms with Crippen LogP contribution in [0.4, 0.5) is 0 Å². The fourth-order valence-corrected chi connectivity index (χ4v) is 2.84. The molecule has 0 aliphatic rings. The van der Waals surface area contributed by atoms with E-state index in [9.17, 15) is 4.79 Å². The normalized spacial score (nSPS) is 11.3. The molecule has 4 aromatic rings. The molecule has 0 saturated heterocycles. The molecule has 0 radical (unpaired) electrons.